The van der Waals surface area contributed by atoms with E-state index < -0.39 is 5.97 Å². The van der Waals surface area contributed by atoms with Crippen molar-refractivity contribution in [2.45, 2.75) is 13.1 Å². The van der Waals surface area contributed by atoms with Crippen LogP contribution in [-0.2, 0) is 13.1 Å². The number of hydrogen-bond acceptors (Lipinski definition) is 3. The van der Waals surface area contributed by atoms with E-state index in [1.807, 2.05) is 41.0 Å². The molecule has 106 valence electrons. The van der Waals surface area contributed by atoms with Gasteiger partial charge in [-0.15, -0.1) is 0 Å². The van der Waals surface area contributed by atoms with Gasteiger partial charge in [0.1, 0.15) is 5.82 Å². The standard InChI is InChI=1S/C16H15N3O2/c17-9-14-18-13-8-4-7-12(16(20)21)15(13)19(14)10-11-5-2-1-3-6-11/h1-8H,9-10,17H2,(H,20,21). The number of aromatic carboxylic acids is 1. The van der Waals surface area contributed by atoms with Crippen LogP contribution < -0.4 is 5.73 Å². The van der Waals surface area contributed by atoms with Crippen LogP contribution in [0.2, 0.25) is 0 Å². The van der Waals surface area contributed by atoms with E-state index in [2.05, 4.69) is 4.98 Å². The van der Waals surface area contributed by atoms with E-state index in [0.29, 0.717) is 23.4 Å². The van der Waals surface area contributed by atoms with Crippen molar-refractivity contribution >= 4 is 17.0 Å². The van der Waals surface area contributed by atoms with Gasteiger partial charge in [0, 0.05) is 6.54 Å². The summed E-state index contributed by atoms with van der Waals surface area (Å²) in [5, 5.41) is 9.38. The van der Waals surface area contributed by atoms with E-state index in [1.165, 1.54) is 0 Å². The largest absolute Gasteiger partial charge is 0.478 e. The zero-order valence-electron chi connectivity index (χ0n) is 11.4. The molecule has 0 aliphatic carbocycles. The number of benzene rings is 2. The van der Waals surface area contributed by atoms with Crippen molar-refractivity contribution in [3.8, 4) is 0 Å². The molecule has 3 aromatic rings. The molecule has 0 aliphatic heterocycles. The third-order valence-corrected chi connectivity index (χ3v) is 3.44. The first-order valence-electron chi connectivity index (χ1n) is 6.66. The van der Waals surface area contributed by atoms with E-state index in [-0.39, 0.29) is 12.1 Å². The maximum Gasteiger partial charge on any atom is 0.337 e. The summed E-state index contributed by atoms with van der Waals surface area (Å²) < 4.78 is 1.88. The predicted octanol–water partition coefficient (Wildman–Crippen LogP) is 2.24. The molecular formula is C16H15N3O2. The number of nitrogens with two attached hydrogens (primary N) is 1. The van der Waals surface area contributed by atoms with Gasteiger partial charge in [-0.3, -0.25) is 0 Å². The molecule has 0 aliphatic rings. The molecule has 21 heavy (non-hydrogen) atoms. The molecule has 0 fully saturated rings. The number of carboxylic acids is 1. The van der Waals surface area contributed by atoms with Gasteiger partial charge in [0.25, 0.3) is 0 Å². The molecule has 1 heterocycles. The zero-order chi connectivity index (χ0) is 14.8. The van der Waals surface area contributed by atoms with Crippen LogP contribution in [0.1, 0.15) is 21.7 Å². The van der Waals surface area contributed by atoms with Crippen molar-refractivity contribution in [1.29, 1.82) is 0 Å². The minimum Gasteiger partial charge on any atom is -0.478 e. The number of para-hydroxylation sites is 1. The third-order valence-electron chi connectivity index (χ3n) is 3.44. The van der Waals surface area contributed by atoms with Gasteiger partial charge in [-0.1, -0.05) is 36.4 Å². The molecule has 0 atom stereocenters. The van der Waals surface area contributed by atoms with Crippen molar-refractivity contribution in [3.05, 3.63) is 65.5 Å². The molecule has 3 rings (SSSR count). The van der Waals surface area contributed by atoms with Crippen LogP contribution in [-0.4, -0.2) is 20.6 Å². The Balaban J connectivity index is 2.21. The molecule has 0 unspecified atom stereocenters. The normalized spacial score (nSPS) is 10.9. The lowest BCUT2D eigenvalue weighted by Gasteiger charge is -2.09. The minimum absolute atomic E-state index is 0.246. The number of imidazole rings is 1. The fraction of sp³-hybridized carbons (Fsp3) is 0.125. The maximum absolute atomic E-state index is 11.4. The summed E-state index contributed by atoms with van der Waals surface area (Å²) >= 11 is 0. The number of carbonyl (C=O) groups is 1. The van der Waals surface area contributed by atoms with Gasteiger partial charge in [-0.2, -0.15) is 0 Å². The minimum atomic E-state index is -0.960. The number of fused-ring (bicyclic) bond motifs is 1. The third kappa shape index (κ3) is 2.39. The Bertz CT molecular complexity index is 794. The Morgan fingerprint density at radius 2 is 1.90 bits per heavy atom. The second-order valence-electron chi connectivity index (χ2n) is 4.78. The summed E-state index contributed by atoms with van der Waals surface area (Å²) in [7, 11) is 0. The highest BCUT2D eigenvalue weighted by Crippen LogP contribution is 2.22. The number of nitrogens with zero attached hydrogens (tertiary/aromatic N) is 2. The van der Waals surface area contributed by atoms with Crippen LogP contribution >= 0.6 is 0 Å². The highest BCUT2D eigenvalue weighted by Gasteiger charge is 2.17. The molecule has 0 saturated heterocycles. The van der Waals surface area contributed by atoms with Gasteiger partial charge >= 0.3 is 5.97 Å². The van der Waals surface area contributed by atoms with Gasteiger partial charge in [-0.25, -0.2) is 9.78 Å². The summed E-state index contributed by atoms with van der Waals surface area (Å²) in [6.45, 7) is 0.814. The molecule has 3 N–H and O–H groups in total. The molecule has 2 aromatic carbocycles. The van der Waals surface area contributed by atoms with Crippen LogP contribution in [0.4, 0.5) is 0 Å². The van der Waals surface area contributed by atoms with E-state index in [1.54, 1.807) is 12.1 Å². The van der Waals surface area contributed by atoms with Crippen LogP contribution in [0, 0.1) is 0 Å². The van der Waals surface area contributed by atoms with E-state index in [4.69, 9.17) is 5.73 Å². The van der Waals surface area contributed by atoms with Crippen molar-refractivity contribution in [2.75, 3.05) is 0 Å². The lowest BCUT2D eigenvalue weighted by Crippen LogP contribution is -2.11. The predicted molar refractivity (Wildman–Crippen MR) is 80.1 cm³/mol. The molecule has 0 spiro atoms. The number of rotatable bonds is 4. The van der Waals surface area contributed by atoms with Gasteiger partial charge in [0.05, 0.1) is 23.1 Å². The van der Waals surface area contributed by atoms with Crippen molar-refractivity contribution in [3.63, 3.8) is 0 Å². The zero-order valence-corrected chi connectivity index (χ0v) is 11.4. The topological polar surface area (TPSA) is 81.1 Å². The first kappa shape index (κ1) is 13.3. The van der Waals surface area contributed by atoms with Crippen molar-refractivity contribution in [1.82, 2.24) is 9.55 Å². The Morgan fingerprint density at radius 3 is 2.57 bits per heavy atom. The Labute approximate surface area is 121 Å². The molecule has 5 nitrogen and oxygen atoms in total. The average molecular weight is 281 g/mol. The smallest absolute Gasteiger partial charge is 0.337 e. The SMILES string of the molecule is NCc1nc2cccc(C(=O)O)c2n1Cc1ccccc1. The highest BCUT2D eigenvalue weighted by molar-refractivity contribution is 6.01. The summed E-state index contributed by atoms with van der Waals surface area (Å²) in [5.41, 5.74) is 8.36. The molecular weight excluding hydrogens is 266 g/mol. The van der Waals surface area contributed by atoms with Gasteiger partial charge in [0.15, 0.2) is 0 Å². The Hall–Kier alpha value is -2.66. The Morgan fingerprint density at radius 1 is 1.14 bits per heavy atom. The molecule has 0 bridgehead atoms. The van der Waals surface area contributed by atoms with Gasteiger partial charge in [-0.05, 0) is 17.7 Å². The monoisotopic (exact) mass is 281 g/mol. The van der Waals surface area contributed by atoms with E-state index in [0.717, 1.165) is 5.56 Å². The van der Waals surface area contributed by atoms with E-state index >= 15 is 0 Å². The molecule has 0 amide bonds. The number of aromatic nitrogens is 2. The number of carboxylic acid groups (broad SMARTS) is 1. The second kappa shape index (κ2) is 5.38. The highest BCUT2D eigenvalue weighted by atomic mass is 16.4. The van der Waals surface area contributed by atoms with Crippen molar-refractivity contribution < 1.29 is 9.90 Å². The lowest BCUT2D eigenvalue weighted by molar-refractivity contribution is 0.0698. The average Bonchev–Trinajstić information content (AvgIpc) is 2.86. The summed E-state index contributed by atoms with van der Waals surface area (Å²) in [6.07, 6.45) is 0. The van der Waals surface area contributed by atoms with Crippen LogP contribution in [0.25, 0.3) is 11.0 Å². The second-order valence-corrected chi connectivity index (χ2v) is 4.78. The first-order chi connectivity index (χ1) is 10.2. The fourth-order valence-corrected chi connectivity index (χ4v) is 2.50. The molecule has 5 heteroatoms. The quantitative estimate of drug-likeness (QED) is 0.768. The maximum atomic E-state index is 11.4. The molecule has 0 saturated carbocycles. The van der Waals surface area contributed by atoms with E-state index in [9.17, 15) is 9.90 Å². The summed E-state index contributed by atoms with van der Waals surface area (Å²) in [5.74, 6) is -0.277. The van der Waals surface area contributed by atoms with Crippen LogP contribution in [0.15, 0.2) is 48.5 Å². The van der Waals surface area contributed by atoms with Gasteiger partial charge in [0.2, 0.25) is 0 Å². The van der Waals surface area contributed by atoms with Crippen LogP contribution in [0.5, 0.6) is 0 Å². The van der Waals surface area contributed by atoms with Gasteiger partial charge < -0.3 is 15.4 Å². The van der Waals surface area contributed by atoms with Crippen LogP contribution in [0.3, 0.4) is 0 Å². The summed E-state index contributed by atoms with van der Waals surface area (Å²) in [6, 6.07) is 14.9. The molecule has 0 radical (unpaired) electrons. The number of hydrogen-bond donors (Lipinski definition) is 2. The fourth-order valence-electron chi connectivity index (χ4n) is 2.50. The Kier molecular flexibility index (Phi) is 3.41. The first-order valence-corrected chi connectivity index (χ1v) is 6.66. The van der Waals surface area contributed by atoms with Crippen molar-refractivity contribution in [2.24, 2.45) is 5.73 Å². The lowest BCUT2D eigenvalue weighted by atomic mass is 10.1. The summed E-state index contributed by atoms with van der Waals surface area (Å²) in [4.78, 5) is 15.9. The molecule has 1 aromatic heterocycles.